The van der Waals surface area contributed by atoms with Crippen LogP contribution < -0.4 is 15.4 Å². The quantitative estimate of drug-likeness (QED) is 0.343. The summed E-state index contributed by atoms with van der Waals surface area (Å²) in [6, 6.07) is 6.49. The molecule has 0 aliphatic rings. The van der Waals surface area contributed by atoms with Crippen LogP contribution in [0.25, 0.3) is 0 Å². The molecule has 0 unspecified atom stereocenters. The zero-order valence-electron chi connectivity index (χ0n) is 14.7. The average Bonchev–Trinajstić information content (AvgIpc) is 2.53. The highest BCUT2D eigenvalue weighted by atomic mass is 127. The van der Waals surface area contributed by atoms with E-state index < -0.39 is 12.8 Å². The fourth-order valence-electron chi connectivity index (χ4n) is 1.64. The van der Waals surface area contributed by atoms with Crippen molar-refractivity contribution in [2.24, 2.45) is 4.99 Å². The van der Waals surface area contributed by atoms with Crippen molar-refractivity contribution in [2.75, 3.05) is 26.5 Å². The lowest BCUT2D eigenvalue weighted by Crippen LogP contribution is -2.42. The van der Waals surface area contributed by atoms with E-state index in [4.69, 9.17) is 0 Å². The van der Waals surface area contributed by atoms with Gasteiger partial charge in [-0.25, -0.2) is 0 Å². The molecule has 9 heteroatoms. The molecule has 4 nitrogen and oxygen atoms in total. The maximum atomic E-state index is 12.1. The highest BCUT2D eigenvalue weighted by molar-refractivity contribution is 14.0. The molecule has 144 valence electrons. The zero-order valence-corrected chi connectivity index (χ0v) is 17.9. The van der Waals surface area contributed by atoms with Gasteiger partial charge in [-0.2, -0.15) is 24.9 Å². The highest BCUT2D eigenvalue weighted by Crippen LogP contribution is 2.20. The van der Waals surface area contributed by atoms with Crippen molar-refractivity contribution in [1.82, 2.24) is 10.6 Å². The van der Waals surface area contributed by atoms with Crippen LogP contribution in [0.15, 0.2) is 29.3 Å². The summed E-state index contributed by atoms with van der Waals surface area (Å²) in [5, 5.41) is 6.41. The summed E-state index contributed by atoms with van der Waals surface area (Å²) in [5.74, 6) is 0.870. The van der Waals surface area contributed by atoms with E-state index in [1.54, 1.807) is 30.9 Å². The molecular formula is C16H25F3IN3OS. The predicted molar refractivity (Wildman–Crippen MR) is 109 cm³/mol. The van der Waals surface area contributed by atoms with Crippen LogP contribution in [0.2, 0.25) is 0 Å². The Morgan fingerprint density at radius 2 is 1.76 bits per heavy atom. The number of rotatable bonds is 7. The molecule has 0 aromatic heterocycles. The Bertz CT molecular complexity index is 536. The maximum absolute atomic E-state index is 12.1. The summed E-state index contributed by atoms with van der Waals surface area (Å²) in [6.45, 7) is 4.26. The molecule has 0 fully saturated rings. The first-order valence-electron chi connectivity index (χ1n) is 7.43. The van der Waals surface area contributed by atoms with Crippen LogP contribution in [0.4, 0.5) is 13.2 Å². The number of hydrogen-bond donors (Lipinski definition) is 2. The van der Waals surface area contributed by atoms with Gasteiger partial charge in [0.25, 0.3) is 0 Å². The summed E-state index contributed by atoms with van der Waals surface area (Å²) in [4.78, 5) is 4.15. The summed E-state index contributed by atoms with van der Waals surface area (Å²) < 4.78 is 41.1. The van der Waals surface area contributed by atoms with E-state index in [1.807, 2.05) is 0 Å². The number of halogens is 4. The van der Waals surface area contributed by atoms with E-state index in [0.717, 1.165) is 12.1 Å². The van der Waals surface area contributed by atoms with E-state index in [0.29, 0.717) is 12.5 Å². The van der Waals surface area contributed by atoms with Gasteiger partial charge in [-0.05, 0) is 37.8 Å². The molecule has 2 N–H and O–H groups in total. The molecule has 0 heterocycles. The van der Waals surface area contributed by atoms with E-state index in [-0.39, 0.29) is 34.5 Å². The van der Waals surface area contributed by atoms with Crippen LogP contribution in [0.3, 0.4) is 0 Å². The lowest BCUT2D eigenvalue weighted by atomic mass is 10.2. The van der Waals surface area contributed by atoms with Crippen molar-refractivity contribution >= 4 is 41.7 Å². The van der Waals surface area contributed by atoms with E-state index in [2.05, 4.69) is 40.5 Å². The molecule has 1 aromatic rings. The molecule has 0 bridgehead atoms. The van der Waals surface area contributed by atoms with Crippen LogP contribution in [0.5, 0.6) is 5.75 Å². The van der Waals surface area contributed by atoms with Gasteiger partial charge in [-0.15, -0.1) is 24.0 Å². The highest BCUT2D eigenvalue weighted by Gasteiger charge is 2.28. The third-order valence-corrected chi connectivity index (χ3v) is 4.49. The number of hydrogen-bond acceptors (Lipinski definition) is 3. The Hall–Kier alpha value is -0.840. The topological polar surface area (TPSA) is 45.7 Å². The minimum atomic E-state index is -4.33. The third-order valence-electron chi connectivity index (χ3n) is 3.24. The predicted octanol–water partition coefficient (Wildman–Crippen LogP) is 4.05. The van der Waals surface area contributed by atoms with Crippen LogP contribution >= 0.6 is 35.7 Å². The number of ether oxygens (including phenoxy) is 1. The molecule has 0 amide bonds. The molecular weight excluding hydrogens is 466 g/mol. The number of nitrogens with one attached hydrogen (secondary N) is 2. The molecule has 1 rings (SSSR count). The van der Waals surface area contributed by atoms with Gasteiger partial charge in [-0.1, -0.05) is 12.1 Å². The molecule has 25 heavy (non-hydrogen) atoms. The van der Waals surface area contributed by atoms with E-state index >= 15 is 0 Å². The fourth-order valence-corrected chi connectivity index (χ4v) is 1.86. The van der Waals surface area contributed by atoms with Gasteiger partial charge >= 0.3 is 6.18 Å². The van der Waals surface area contributed by atoms with Gasteiger partial charge < -0.3 is 15.4 Å². The van der Waals surface area contributed by atoms with Gasteiger partial charge in [0, 0.05) is 24.9 Å². The van der Waals surface area contributed by atoms with Gasteiger partial charge in [0.1, 0.15) is 5.75 Å². The molecule has 0 saturated heterocycles. The van der Waals surface area contributed by atoms with E-state index in [9.17, 15) is 13.2 Å². The SMILES string of the molecule is CN=C(NCc1ccc(OCC(F)(F)F)cc1)NCC(C)(C)SC.I. The maximum Gasteiger partial charge on any atom is 0.422 e. The largest absolute Gasteiger partial charge is 0.484 e. The first-order chi connectivity index (χ1) is 11.1. The smallest absolute Gasteiger partial charge is 0.422 e. The Kier molecular flexibility index (Phi) is 10.6. The number of nitrogens with zero attached hydrogens (tertiary/aromatic N) is 1. The van der Waals surface area contributed by atoms with Crippen molar-refractivity contribution < 1.29 is 17.9 Å². The molecule has 0 aliphatic carbocycles. The number of guanidine groups is 1. The number of thioether (sulfide) groups is 1. The van der Waals surface area contributed by atoms with Crippen molar-refractivity contribution in [1.29, 1.82) is 0 Å². The minimum Gasteiger partial charge on any atom is -0.484 e. The molecule has 1 aromatic carbocycles. The summed E-state index contributed by atoms with van der Waals surface area (Å²) in [5.41, 5.74) is 0.918. The van der Waals surface area contributed by atoms with Gasteiger partial charge in [0.05, 0.1) is 0 Å². The Balaban J connectivity index is 0.00000576. The van der Waals surface area contributed by atoms with Gasteiger partial charge in [0.2, 0.25) is 0 Å². The van der Waals surface area contributed by atoms with Gasteiger partial charge in [-0.3, -0.25) is 4.99 Å². The van der Waals surface area contributed by atoms with Crippen molar-refractivity contribution in [3.63, 3.8) is 0 Å². The normalized spacial score (nSPS) is 12.4. The first kappa shape index (κ1) is 24.2. The molecule has 0 aliphatic heterocycles. The van der Waals surface area contributed by atoms with Crippen molar-refractivity contribution in [3.8, 4) is 5.75 Å². The first-order valence-corrected chi connectivity index (χ1v) is 8.66. The molecule has 0 saturated carbocycles. The number of benzene rings is 1. The Morgan fingerprint density at radius 1 is 1.16 bits per heavy atom. The van der Waals surface area contributed by atoms with Crippen molar-refractivity contribution in [3.05, 3.63) is 29.8 Å². The van der Waals surface area contributed by atoms with Crippen LogP contribution in [0, 0.1) is 0 Å². The average molecular weight is 491 g/mol. The lowest BCUT2D eigenvalue weighted by molar-refractivity contribution is -0.153. The second kappa shape index (κ2) is 11.0. The standard InChI is InChI=1S/C16H24F3N3OS.HI/c1-15(2,24-4)10-22-14(20-3)21-9-12-5-7-13(8-6-12)23-11-16(17,18)19;/h5-8H,9-11H2,1-4H3,(H2,20,21,22);1H. The molecule has 0 atom stereocenters. The van der Waals surface area contributed by atoms with Gasteiger partial charge in [0.15, 0.2) is 12.6 Å². The second-order valence-electron chi connectivity index (χ2n) is 5.79. The summed E-state index contributed by atoms with van der Waals surface area (Å²) in [6.07, 6.45) is -2.27. The number of aliphatic imine (C=N–C) groups is 1. The Labute approximate surface area is 168 Å². The second-order valence-corrected chi connectivity index (χ2v) is 7.30. The molecule has 0 radical (unpaired) electrons. The Morgan fingerprint density at radius 3 is 2.24 bits per heavy atom. The summed E-state index contributed by atoms with van der Waals surface area (Å²) in [7, 11) is 1.69. The van der Waals surface area contributed by atoms with Crippen LogP contribution in [-0.2, 0) is 6.54 Å². The van der Waals surface area contributed by atoms with Crippen LogP contribution in [0.1, 0.15) is 19.4 Å². The van der Waals surface area contributed by atoms with E-state index in [1.165, 1.54) is 12.1 Å². The summed E-state index contributed by atoms with van der Waals surface area (Å²) >= 11 is 1.76. The third kappa shape index (κ3) is 10.7. The monoisotopic (exact) mass is 491 g/mol. The fraction of sp³-hybridized carbons (Fsp3) is 0.562. The minimum absolute atomic E-state index is 0. The van der Waals surface area contributed by atoms with Crippen LogP contribution in [-0.4, -0.2) is 43.3 Å². The van der Waals surface area contributed by atoms with Crippen molar-refractivity contribution in [2.45, 2.75) is 31.3 Å². The zero-order chi connectivity index (χ0) is 18.2. The number of alkyl halides is 3. The molecule has 0 spiro atoms. The lowest BCUT2D eigenvalue weighted by Gasteiger charge is -2.23.